The molecule has 31 heavy (non-hydrogen) atoms. The third kappa shape index (κ3) is 4.58. The second kappa shape index (κ2) is 8.94. The van der Waals surface area contributed by atoms with E-state index in [1.54, 1.807) is 16.7 Å². The summed E-state index contributed by atoms with van der Waals surface area (Å²) in [4.78, 5) is 30.7. The smallest absolute Gasteiger partial charge is 0.320 e. The van der Waals surface area contributed by atoms with Gasteiger partial charge in [0.2, 0.25) is 0 Å². The van der Waals surface area contributed by atoms with Gasteiger partial charge >= 0.3 is 6.03 Å². The van der Waals surface area contributed by atoms with E-state index in [-0.39, 0.29) is 6.03 Å². The van der Waals surface area contributed by atoms with Crippen LogP contribution >= 0.6 is 11.3 Å². The number of thiophene rings is 1. The number of morpholine rings is 1. The molecule has 1 aromatic heterocycles. The van der Waals surface area contributed by atoms with Crippen molar-refractivity contribution in [1.82, 2.24) is 15.1 Å². The lowest BCUT2D eigenvalue weighted by Gasteiger charge is -2.49. The molecule has 0 saturated carbocycles. The molecule has 2 aromatic rings. The van der Waals surface area contributed by atoms with Crippen molar-refractivity contribution < 1.29 is 23.8 Å². The number of carbonyl (C=O) groups excluding carboxylic acids is 2. The number of nitrogens with one attached hydrogen (secondary N) is 1. The number of halogens is 1. The molecule has 7 nitrogen and oxygen atoms in total. The molecule has 2 aliphatic rings. The number of amides is 3. The summed E-state index contributed by atoms with van der Waals surface area (Å²) in [5.74, 6) is -0.854. The van der Waals surface area contributed by atoms with Gasteiger partial charge in [-0.2, -0.15) is 0 Å². The Bertz CT molecular complexity index is 913. The van der Waals surface area contributed by atoms with Crippen molar-refractivity contribution >= 4 is 23.3 Å². The molecule has 9 heteroatoms. The number of benzene rings is 1. The predicted octanol–water partition coefficient (Wildman–Crippen LogP) is 2.64. The Balaban J connectivity index is 1.65. The lowest BCUT2D eigenvalue weighted by Crippen LogP contribution is -2.64. The highest BCUT2D eigenvalue weighted by Crippen LogP contribution is 2.39. The van der Waals surface area contributed by atoms with Gasteiger partial charge < -0.3 is 25.0 Å². The molecule has 3 amide bonds. The second-order valence-corrected chi connectivity index (χ2v) is 9.08. The molecule has 2 aliphatic heterocycles. The van der Waals surface area contributed by atoms with E-state index < -0.39 is 29.4 Å². The zero-order valence-corrected chi connectivity index (χ0v) is 18.1. The molecule has 2 N–H and O–H groups in total. The first kappa shape index (κ1) is 21.7. The van der Waals surface area contributed by atoms with E-state index in [1.807, 2.05) is 17.5 Å². The van der Waals surface area contributed by atoms with E-state index in [0.717, 1.165) is 4.88 Å². The Morgan fingerprint density at radius 3 is 2.55 bits per heavy atom. The van der Waals surface area contributed by atoms with E-state index in [4.69, 9.17) is 4.74 Å². The SMILES string of the molecule is C[C@@]1(O)CCN(C(=O)N2CCOCC2)[C@@H](c2cccs2)[C@@H]1NC(=O)c1ccc(F)cc1. The van der Waals surface area contributed by atoms with Crippen LogP contribution in [0.3, 0.4) is 0 Å². The van der Waals surface area contributed by atoms with Crippen LogP contribution in [0.2, 0.25) is 0 Å². The molecule has 2 saturated heterocycles. The van der Waals surface area contributed by atoms with Crippen LogP contribution in [-0.4, -0.2) is 71.3 Å². The summed E-state index contributed by atoms with van der Waals surface area (Å²) in [5, 5.41) is 16.1. The van der Waals surface area contributed by atoms with Crippen molar-refractivity contribution in [2.75, 3.05) is 32.8 Å². The van der Waals surface area contributed by atoms with Gasteiger partial charge in [0.25, 0.3) is 5.91 Å². The summed E-state index contributed by atoms with van der Waals surface area (Å²) in [5.41, 5.74) is -0.940. The molecule has 3 heterocycles. The summed E-state index contributed by atoms with van der Waals surface area (Å²) in [7, 11) is 0. The van der Waals surface area contributed by atoms with Crippen LogP contribution in [0, 0.1) is 5.82 Å². The molecule has 0 radical (unpaired) electrons. The highest BCUT2D eigenvalue weighted by molar-refractivity contribution is 7.10. The fourth-order valence-corrected chi connectivity index (χ4v) is 5.02. The maximum Gasteiger partial charge on any atom is 0.320 e. The van der Waals surface area contributed by atoms with Crippen LogP contribution in [0.1, 0.15) is 34.6 Å². The van der Waals surface area contributed by atoms with E-state index in [0.29, 0.717) is 44.8 Å². The minimum Gasteiger partial charge on any atom is -0.388 e. The van der Waals surface area contributed by atoms with Crippen LogP contribution in [0.5, 0.6) is 0 Å². The van der Waals surface area contributed by atoms with E-state index in [1.165, 1.54) is 35.6 Å². The second-order valence-electron chi connectivity index (χ2n) is 8.10. The number of hydrogen-bond acceptors (Lipinski definition) is 5. The molecule has 1 aromatic carbocycles. The molecule has 2 fully saturated rings. The van der Waals surface area contributed by atoms with Crippen molar-refractivity contribution in [3.63, 3.8) is 0 Å². The largest absolute Gasteiger partial charge is 0.388 e. The van der Waals surface area contributed by atoms with Crippen molar-refractivity contribution in [3.05, 3.63) is 58.0 Å². The summed E-state index contributed by atoms with van der Waals surface area (Å²) in [6.45, 7) is 4.05. The number of urea groups is 1. The predicted molar refractivity (Wildman–Crippen MR) is 114 cm³/mol. The zero-order valence-electron chi connectivity index (χ0n) is 17.3. The molecule has 4 rings (SSSR count). The molecular weight excluding hydrogens is 421 g/mol. The van der Waals surface area contributed by atoms with Gasteiger partial charge in [-0.25, -0.2) is 9.18 Å². The van der Waals surface area contributed by atoms with Crippen molar-refractivity contribution in [3.8, 4) is 0 Å². The summed E-state index contributed by atoms with van der Waals surface area (Å²) < 4.78 is 18.6. The fraction of sp³-hybridized carbons (Fsp3) is 0.455. The minimum atomic E-state index is -1.23. The average molecular weight is 448 g/mol. The highest BCUT2D eigenvalue weighted by atomic mass is 32.1. The number of likely N-dealkylation sites (tertiary alicyclic amines) is 1. The first-order valence-electron chi connectivity index (χ1n) is 10.3. The first-order chi connectivity index (χ1) is 14.9. The number of nitrogens with zero attached hydrogens (tertiary/aromatic N) is 2. The van der Waals surface area contributed by atoms with Crippen LogP contribution in [0.15, 0.2) is 41.8 Å². The standard InChI is InChI=1S/C22H26FN3O4S/c1-22(29)8-9-26(21(28)25-10-12-30-13-11-25)18(17-3-2-14-31-17)19(22)24-20(27)15-4-6-16(23)7-5-15/h2-7,14,18-19,29H,8-13H2,1H3,(H,24,27)/t18-,19-,22+/m0/s1. The van der Waals surface area contributed by atoms with Gasteiger partial charge in [0, 0.05) is 30.1 Å². The van der Waals surface area contributed by atoms with Crippen molar-refractivity contribution in [2.24, 2.45) is 0 Å². The van der Waals surface area contributed by atoms with Crippen LogP contribution in [0.25, 0.3) is 0 Å². The Morgan fingerprint density at radius 2 is 1.90 bits per heavy atom. The number of carbonyl (C=O) groups is 2. The molecule has 0 aliphatic carbocycles. The van der Waals surface area contributed by atoms with Gasteiger partial charge in [-0.3, -0.25) is 4.79 Å². The van der Waals surface area contributed by atoms with E-state index in [9.17, 15) is 19.1 Å². The van der Waals surface area contributed by atoms with Gasteiger partial charge in [-0.05, 0) is 49.1 Å². The third-order valence-electron chi connectivity index (χ3n) is 5.94. The average Bonchev–Trinajstić information content (AvgIpc) is 3.30. The van der Waals surface area contributed by atoms with Crippen molar-refractivity contribution in [1.29, 1.82) is 0 Å². The molecular formula is C22H26FN3O4S. The molecule has 0 spiro atoms. The monoisotopic (exact) mass is 447 g/mol. The highest BCUT2D eigenvalue weighted by Gasteiger charge is 2.49. The fourth-order valence-electron chi connectivity index (χ4n) is 4.15. The molecule has 166 valence electrons. The summed E-state index contributed by atoms with van der Waals surface area (Å²) in [6.07, 6.45) is 0.319. The normalized spacial score (nSPS) is 26.5. The Kier molecular flexibility index (Phi) is 6.27. The molecule has 0 unspecified atom stereocenters. The Hall–Kier alpha value is -2.49. The Morgan fingerprint density at radius 1 is 1.19 bits per heavy atom. The number of hydrogen-bond donors (Lipinski definition) is 2. The molecule has 0 bridgehead atoms. The Labute approximate surface area is 184 Å². The van der Waals surface area contributed by atoms with E-state index in [2.05, 4.69) is 5.32 Å². The van der Waals surface area contributed by atoms with Gasteiger partial charge in [0.05, 0.1) is 30.9 Å². The topological polar surface area (TPSA) is 82.1 Å². The number of rotatable bonds is 3. The van der Waals surface area contributed by atoms with Crippen LogP contribution in [0.4, 0.5) is 9.18 Å². The minimum absolute atomic E-state index is 0.127. The van der Waals surface area contributed by atoms with Gasteiger partial charge in [-0.1, -0.05) is 6.07 Å². The third-order valence-corrected chi connectivity index (χ3v) is 6.88. The summed E-state index contributed by atoms with van der Waals surface area (Å²) >= 11 is 1.48. The van der Waals surface area contributed by atoms with Gasteiger partial charge in [0.15, 0.2) is 0 Å². The van der Waals surface area contributed by atoms with Gasteiger partial charge in [0.1, 0.15) is 5.82 Å². The number of ether oxygens (including phenoxy) is 1. The van der Waals surface area contributed by atoms with Crippen LogP contribution in [-0.2, 0) is 4.74 Å². The first-order valence-corrected chi connectivity index (χ1v) is 11.2. The van der Waals surface area contributed by atoms with Crippen LogP contribution < -0.4 is 5.32 Å². The quantitative estimate of drug-likeness (QED) is 0.758. The maximum atomic E-state index is 13.4. The maximum absolute atomic E-state index is 13.4. The van der Waals surface area contributed by atoms with Crippen molar-refractivity contribution in [2.45, 2.75) is 31.0 Å². The number of piperidine rings is 1. The number of aliphatic hydroxyl groups is 1. The van der Waals surface area contributed by atoms with E-state index >= 15 is 0 Å². The van der Waals surface area contributed by atoms with Gasteiger partial charge in [-0.15, -0.1) is 11.3 Å². The molecule has 3 atom stereocenters. The summed E-state index contributed by atoms with van der Waals surface area (Å²) in [6, 6.07) is 7.66. The zero-order chi connectivity index (χ0) is 22.0. The lowest BCUT2D eigenvalue weighted by atomic mass is 9.81. The lowest BCUT2D eigenvalue weighted by molar-refractivity contribution is -0.0566.